The number of hydrogen-bond acceptors (Lipinski definition) is 2. The summed E-state index contributed by atoms with van der Waals surface area (Å²) in [4.78, 5) is 0. The summed E-state index contributed by atoms with van der Waals surface area (Å²) in [5.41, 5.74) is 6.13. The van der Waals surface area contributed by atoms with Gasteiger partial charge in [-0.15, -0.1) is 0 Å². The third kappa shape index (κ3) is 4.93. The lowest BCUT2D eigenvalue weighted by molar-refractivity contribution is -0.137. The Morgan fingerprint density at radius 3 is 2.48 bits per heavy atom. The van der Waals surface area contributed by atoms with Crippen molar-refractivity contribution in [1.82, 2.24) is 5.32 Å². The molecule has 21 heavy (non-hydrogen) atoms. The van der Waals surface area contributed by atoms with Crippen molar-refractivity contribution >= 4 is 11.6 Å². The minimum Gasteiger partial charge on any atom is -0.402 e. The van der Waals surface area contributed by atoms with Gasteiger partial charge in [-0.3, -0.25) is 0 Å². The molecule has 1 atom stereocenters. The van der Waals surface area contributed by atoms with Gasteiger partial charge in [-0.1, -0.05) is 37.6 Å². The fourth-order valence-electron chi connectivity index (χ4n) is 1.96. The maximum atomic E-state index is 12.9. The number of halogens is 4. The Labute approximate surface area is 128 Å². The first-order valence-corrected chi connectivity index (χ1v) is 7.06. The molecule has 0 heterocycles. The van der Waals surface area contributed by atoms with Crippen molar-refractivity contribution in [1.29, 1.82) is 0 Å². The van der Waals surface area contributed by atoms with Gasteiger partial charge in [0.25, 0.3) is 0 Å². The Morgan fingerprint density at radius 2 is 2.00 bits per heavy atom. The standard InChI is InChI=1S/C15H20ClF3N2/c1-4-14(20)11(8-21-9(2)3)10-5-6-13(16)12(7-10)15(17,18)19/h4-7,9,11,21H,8,20H2,1-3H3/b14-4-/t11-/m1/s1. The SMILES string of the molecule is C/C=C(\N)[C@H](CNC(C)C)c1ccc(Cl)c(C(F)(F)F)c1. The zero-order valence-electron chi connectivity index (χ0n) is 12.3. The van der Waals surface area contributed by atoms with Crippen molar-refractivity contribution < 1.29 is 13.2 Å². The molecule has 0 bridgehead atoms. The number of nitrogens with two attached hydrogens (primary N) is 1. The zero-order valence-corrected chi connectivity index (χ0v) is 13.0. The molecule has 0 aliphatic heterocycles. The molecule has 3 N–H and O–H groups in total. The molecule has 1 rings (SSSR count). The van der Waals surface area contributed by atoms with Crippen molar-refractivity contribution in [2.45, 2.75) is 38.9 Å². The lowest BCUT2D eigenvalue weighted by Gasteiger charge is -2.22. The Kier molecular flexibility index (Phi) is 6.10. The van der Waals surface area contributed by atoms with Gasteiger partial charge in [-0.25, -0.2) is 0 Å². The maximum Gasteiger partial charge on any atom is 0.417 e. The van der Waals surface area contributed by atoms with E-state index in [1.807, 2.05) is 13.8 Å². The van der Waals surface area contributed by atoms with E-state index in [-0.39, 0.29) is 17.0 Å². The maximum absolute atomic E-state index is 12.9. The summed E-state index contributed by atoms with van der Waals surface area (Å²) in [7, 11) is 0. The first-order chi connectivity index (χ1) is 9.66. The van der Waals surface area contributed by atoms with Crippen LogP contribution in [0.3, 0.4) is 0 Å². The summed E-state index contributed by atoms with van der Waals surface area (Å²) in [6.07, 6.45) is -2.78. The van der Waals surface area contributed by atoms with Crippen LogP contribution in [0.1, 0.15) is 37.8 Å². The van der Waals surface area contributed by atoms with Gasteiger partial charge in [0.05, 0.1) is 10.6 Å². The number of alkyl halides is 3. The van der Waals surface area contributed by atoms with Gasteiger partial charge in [0.2, 0.25) is 0 Å². The van der Waals surface area contributed by atoms with Gasteiger partial charge < -0.3 is 11.1 Å². The van der Waals surface area contributed by atoms with E-state index < -0.39 is 11.7 Å². The van der Waals surface area contributed by atoms with Crippen LogP contribution in [0.25, 0.3) is 0 Å². The Hall–Kier alpha value is -1.20. The van der Waals surface area contributed by atoms with Crippen LogP contribution in [0.4, 0.5) is 13.2 Å². The highest BCUT2D eigenvalue weighted by atomic mass is 35.5. The van der Waals surface area contributed by atoms with Crippen molar-refractivity contribution in [3.8, 4) is 0 Å². The van der Waals surface area contributed by atoms with E-state index in [9.17, 15) is 13.2 Å². The first kappa shape index (κ1) is 17.9. The molecule has 0 amide bonds. The molecule has 0 saturated carbocycles. The second-order valence-corrected chi connectivity index (χ2v) is 5.55. The van der Waals surface area contributed by atoms with Crippen molar-refractivity contribution in [3.05, 3.63) is 46.1 Å². The van der Waals surface area contributed by atoms with Gasteiger partial charge in [0.15, 0.2) is 0 Å². The van der Waals surface area contributed by atoms with E-state index in [1.165, 1.54) is 6.07 Å². The van der Waals surface area contributed by atoms with Crippen LogP contribution >= 0.6 is 11.6 Å². The highest BCUT2D eigenvalue weighted by molar-refractivity contribution is 6.31. The van der Waals surface area contributed by atoms with Gasteiger partial charge in [-0.05, 0) is 24.6 Å². The van der Waals surface area contributed by atoms with Gasteiger partial charge in [0, 0.05) is 24.2 Å². The van der Waals surface area contributed by atoms with Gasteiger partial charge in [0.1, 0.15) is 0 Å². The summed E-state index contributed by atoms with van der Waals surface area (Å²) in [6.45, 7) is 6.16. The fourth-order valence-corrected chi connectivity index (χ4v) is 2.18. The van der Waals surface area contributed by atoms with Gasteiger partial charge >= 0.3 is 6.18 Å². The number of hydrogen-bond donors (Lipinski definition) is 2. The third-order valence-electron chi connectivity index (χ3n) is 3.16. The van der Waals surface area contributed by atoms with Crippen LogP contribution in [0, 0.1) is 0 Å². The molecule has 0 fully saturated rings. The quantitative estimate of drug-likeness (QED) is 0.848. The average Bonchev–Trinajstić information content (AvgIpc) is 2.38. The molecule has 1 aromatic carbocycles. The van der Waals surface area contributed by atoms with E-state index in [0.29, 0.717) is 17.8 Å². The zero-order chi connectivity index (χ0) is 16.2. The first-order valence-electron chi connectivity index (χ1n) is 6.68. The topological polar surface area (TPSA) is 38.0 Å². The third-order valence-corrected chi connectivity index (χ3v) is 3.49. The largest absolute Gasteiger partial charge is 0.417 e. The lowest BCUT2D eigenvalue weighted by Crippen LogP contribution is -2.30. The summed E-state index contributed by atoms with van der Waals surface area (Å²) in [5, 5.41) is 2.89. The van der Waals surface area contributed by atoms with E-state index in [2.05, 4.69) is 5.32 Å². The number of rotatable bonds is 5. The van der Waals surface area contributed by atoms with Crippen LogP contribution in [0.2, 0.25) is 5.02 Å². The molecule has 0 saturated heterocycles. The van der Waals surface area contributed by atoms with E-state index in [1.54, 1.807) is 19.1 Å². The highest BCUT2D eigenvalue weighted by Crippen LogP contribution is 2.37. The van der Waals surface area contributed by atoms with Crippen LogP contribution in [-0.2, 0) is 6.18 Å². The number of nitrogens with one attached hydrogen (secondary N) is 1. The molecule has 0 aromatic heterocycles. The van der Waals surface area contributed by atoms with E-state index in [0.717, 1.165) is 6.07 Å². The molecule has 0 spiro atoms. The molecular formula is C15H20ClF3N2. The van der Waals surface area contributed by atoms with Crippen molar-refractivity contribution in [2.75, 3.05) is 6.54 Å². The van der Waals surface area contributed by atoms with Crippen LogP contribution in [0.15, 0.2) is 30.0 Å². The lowest BCUT2D eigenvalue weighted by atomic mass is 9.93. The monoisotopic (exact) mass is 320 g/mol. The molecule has 118 valence electrons. The Balaban J connectivity index is 3.19. The van der Waals surface area contributed by atoms with Crippen molar-refractivity contribution in [2.24, 2.45) is 5.73 Å². The van der Waals surface area contributed by atoms with Crippen LogP contribution < -0.4 is 11.1 Å². The second-order valence-electron chi connectivity index (χ2n) is 5.14. The molecule has 0 radical (unpaired) electrons. The average molecular weight is 321 g/mol. The molecule has 0 aliphatic rings. The van der Waals surface area contributed by atoms with E-state index in [4.69, 9.17) is 17.3 Å². The molecule has 6 heteroatoms. The summed E-state index contributed by atoms with van der Waals surface area (Å²) >= 11 is 5.65. The minimum absolute atomic E-state index is 0.214. The predicted octanol–water partition coefficient (Wildman–Crippen LogP) is 4.30. The summed E-state index contributed by atoms with van der Waals surface area (Å²) in [6, 6.07) is 4.14. The predicted molar refractivity (Wildman–Crippen MR) is 80.3 cm³/mol. The molecule has 1 aromatic rings. The smallest absolute Gasteiger partial charge is 0.402 e. The normalized spacial score (nSPS) is 14.6. The van der Waals surface area contributed by atoms with Crippen LogP contribution in [0.5, 0.6) is 0 Å². The molecule has 0 aliphatic carbocycles. The minimum atomic E-state index is -4.48. The Bertz CT molecular complexity index is 510. The Morgan fingerprint density at radius 1 is 1.38 bits per heavy atom. The van der Waals surface area contributed by atoms with Crippen molar-refractivity contribution in [3.63, 3.8) is 0 Å². The summed E-state index contributed by atoms with van der Waals surface area (Å²) < 4.78 is 38.8. The number of benzene rings is 1. The van der Waals surface area contributed by atoms with E-state index >= 15 is 0 Å². The highest BCUT2D eigenvalue weighted by Gasteiger charge is 2.34. The van der Waals surface area contributed by atoms with Gasteiger partial charge in [-0.2, -0.15) is 13.2 Å². The number of allylic oxidation sites excluding steroid dienone is 1. The fraction of sp³-hybridized carbons (Fsp3) is 0.467. The molecule has 0 unspecified atom stereocenters. The second kappa shape index (κ2) is 7.18. The molecular weight excluding hydrogens is 301 g/mol. The molecule has 2 nitrogen and oxygen atoms in total. The van der Waals surface area contributed by atoms with Crippen LogP contribution in [-0.4, -0.2) is 12.6 Å². The summed E-state index contributed by atoms with van der Waals surface area (Å²) in [5.74, 6) is -0.323.